The van der Waals surface area contributed by atoms with E-state index in [0.29, 0.717) is 30.4 Å². The third-order valence-electron chi connectivity index (χ3n) is 7.52. The van der Waals surface area contributed by atoms with Gasteiger partial charge in [-0.1, -0.05) is 12.0 Å². The smallest absolute Gasteiger partial charge is 0.366 e. The first-order chi connectivity index (χ1) is 19.6. The van der Waals surface area contributed by atoms with Crippen LogP contribution in [0.2, 0.25) is 0 Å². The van der Waals surface area contributed by atoms with Crippen molar-refractivity contribution in [3.05, 3.63) is 41.9 Å². The van der Waals surface area contributed by atoms with E-state index >= 15 is 0 Å². The van der Waals surface area contributed by atoms with Gasteiger partial charge < -0.3 is 16.0 Å². The fourth-order valence-corrected chi connectivity index (χ4v) is 6.36. The highest BCUT2D eigenvalue weighted by molar-refractivity contribution is 8.00. The van der Waals surface area contributed by atoms with Gasteiger partial charge in [-0.05, 0) is 55.5 Å². The van der Waals surface area contributed by atoms with Crippen LogP contribution in [0, 0.1) is 11.8 Å². The minimum absolute atomic E-state index is 0.000708. The quantitative estimate of drug-likeness (QED) is 0.274. The number of carbonyl (C=O) groups is 2. The number of rotatable bonds is 8. The lowest BCUT2D eigenvalue weighted by molar-refractivity contribution is -0.121. The summed E-state index contributed by atoms with van der Waals surface area (Å²) in [5.74, 6) is 5.64. The van der Waals surface area contributed by atoms with E-state index in [4.69, 9.17) is 0 Å². The monoisotopic (exact) mass is 588 g/mol. The highest BCUT2D eigenvalue weighted by atomic mass is 32.2. The molecule has 5 rings (SSSR count). The minimum atomic E-state index is -4.54. The molecular weight excluding hydrogens is 557 g/mol. The highest BCUT2D eigenvalue weighted by Crippen LogP contribution is 2.42. The summed E-state index contributed by atoms with van der Waals surface area (Å²) >= 11 is -0.252. The molecule has 0 unspecified atom stereocenters. The van der Waals surface area contributed by atoms with Gasteiger partial charge in [0.25, 0.3) is 5.91 Å². The number of halogens is 3. The molecule has 3 atom stereocenters. The van der Waals surface area contributed by atoms with Crippen molar-refractivity contribution in [1.82, 2.24) is 34.9 Å². The molecule has 3 aromatic rings. The molecule has 0 aliphatic carbocycles. The van der Waals surface area contributed by atoms with Crippen molar-refractivity contribution < 1.29 is 22.8 Å². The Kier molecular flexibility index (Phi) is 8.46. The predicted octanol–water partition coefficient (Wildman–Crippen LogP) is 3.00. The number of carbonyl (C=O) groups excluding carboxylic acids is 2. The van der Waals surface area contributed by atoms with Crippen LogP contribution < -0.4 is 16.0 Å². The molecule has 0 spiro atoms. The van der Waals surface area contributed by atoms with Crippen LogP contribution >= 0.6 is 11.8 Å². The number of nitrogens with zero attached hydrogens (tertiary/aromatic N) is 5. The maximum Gasteiger partial charge on any atom is 0.446 e. The lowest BCUT2D eigenvalue weighted by Gasteiger charge is -2.40. The van der Waals surface area contributed by atoms with E-state index in [0.717, 1.165) is 25.7 Å². The first kappa shape index (κ1) is 28.8. The van der Waals surface area contributed by atoms with Crippen LogP contribution in [-0.4, -0.2) is 79.9 Å². The third-order valence-corrected chi connectivity index (χ3v) is 8.35. The Bertz CT molecular complexity index is 1490. The molecule has 3 aromatic heterocycles. The number of anilines is 1. The van der Waals surface area contributed by atoms with E-state index in [1.54, 1.807) is 38.5 Å². The molecule has 2 saturated heterocycles. The Hall–Kier alpha value is -3.70. The van der Waals surface area contributed by atoms with Crippen molar-refractivity contribution in [3.63, 3.8) is 0 Å². The van der Waals surface area contributed by atoms with E-state index in [2.05, 4.69) is 42.9 Å². The van der Waals surface area contributed by atoms with Crippen LogP contribution in [0.1, 0.15) is 48.2 Å². The Morgan fingerprint density at radius 3 is 2.73 bits per heavy atom. The molecule has 3 N–H and O–H groups in total. The number of hydrogen-bond donors (Lipinski definition) is 3. The number of piperidine rings is 1. The van der Waals surface area contributed by atoms with Crippen LogP contribution in [0.4, 0.5) is 19.0 Å². The zero-order chi connectivity index (χ0) is 29.1. The average molecular weight is 589 g/mol. The third kappa shape index (κ3) is 6.62. The van der Waals surface area contributed by atoms with Gasteiger partial charge in [-0.2, -0.15) is 23.4 Å². The highest BCUT2D eigenvalue weighted by Gasteiger charge is 2.42. The van der Waals surface area contributed by atoms with Gasteiger partial charge in [0.1, 0.15) is 11.5 Å². The molecule has 41 heavy (non-hydrogen) atoms. The standard InChI is InChI=1S/C27H31F3N8O2S/c1-31-24(39)12-14-37-18-8-10-19(21(37)11-9-18)34-23-7-3-6-22-25(41-27(28,29)30)20(35-38(22)23)5-4-13-32-26(40)17-15-33-36(2)16-17/h3,6-7,15-16,18-19,21,34H,8-14H2,1-2H3,(H,31,39)(H,32,40)/t18-,19-,21-/m1/s1. The van der Waals surface area contributed by atoms with E-state index < -0.39 is 5.51 Å². The number of nitrogens with one attached hydrogen (secondary N) is 3. The maximum atomic E-state index is 13.5. The molecule has 5 heterocycles. The molecule has 0 aromatic carbocycles. The zero-order valence-electron chi connectivity index (χ0n) is 22.7. The Morgan fingerprint density at radius 1 is 1.20 bits per heavy atom. The molecule has 10 nitrogen and oxygen atoms in total. The zero-order valence-corrected chi connectivity index (χ0v) is 23.5. The van der Waals surface area contributed by atoms with Crippen molar-refractivity contribution in [2.45, 2.75) is 60.6 Å². The summed E-state index contributed by atoms with van der Waals surface area (Å²) in [6, 6.07) is 5.81. The fourth-order valence-electron chi connectivity index (χ4n) is 5.68. The molecule has 2 bridgehead atoms. The van der Waals surface area contributed by atoms with Crippen molar-refractivity contribution in [1.29, 1.82) is 0 Å². The first-order valence-corrected chi connectivity index (χ1v) is 14.2. The van der Waals surface area contributed by atoms with Gasteiger partial charge >= 0.3 is 5.51 Å². The minimum Gasteiger partial charge on any atom is -0.366 e. The van der Waals surface area contributed by atoms with Crippen LogP contribution in [0.3, 0.4) is 0 Å². The van der Waals surface area contributed by atoms with E-state index in [1.807, 2.05) is 0 Å². The largest absolute Gasteiger partial charge is 0.446 e. The van der Waals surface area contributed by atoms with Crippen molar-refractivity contribution >= 4 is 34.9 Å². The number of aromatic nitrogens is 4. The van der Waals surface area contributed by atoms with Crippen LogP contribution in [0.25, 0.3) is 5.52 Å². The van der Waals surface area contributed by atoms with Gasteiger partial charge in [-0.25, -0.2) is 4.52 Å². The summed E-state index contributed by atoms with van der Waals surface area (Å²) in [5.41, 5.74) is -3.91. The molecule has 2 aliphatic heterocycles. The van der Waals surface area contributed by atoms with E-state index in [9.17, 15) is 22.8 Å². The van der Waals surface area contributed by atoms with Crippen LogP contribution in [0.5, 0.6) is 0 Å². The Morgan fingerprint density at radius 2 is 2.00 bits per heavy atom. The van der Waals surface area contributed by atoms with Gasteiger partial charge in [0.15, 0.2) is 0 Å². The predicted molar refractivity (Wildman–Crippen MR) is 148 cm³/mol. The number of thioether (sulfide) groups is 1. The van der Waals surface area contributed by atoms with Gasteiger partial charge in [0.2, 0.25) is 5.91 Å². The van der Waals surface area contributed by atoms with Crippen LogP contribution in [0.15, 0.2) is 35.5 Å². The number of fused-ring (bicyclic) bond motifs is 3. The summed E-state index contributed by atoms with van der Waals surface area (Å²) in [4.78, 5) is 26.4. The molecule has 14 heteroatoms. The van der Waals surface area contributed by atoms with Gasteiger partial charge in [0, 0.05) is 51.4 Å². The molecule has 218 valence electrons. The Labute approximate surface area is 239 Å². The van der Waals surface area contributed by atoms with Crippen molar-refractivity contribution in [2.75, 3.05) is 25.5 Å². The molecule has 2 fully saturated rings. The first-order valence-electron chi connectivity index (χ1n) is 13.4. The molecular formula is C27H31F3N8O2S. The van der Waals surface area contributed by atoms with Gasteiger partial charge in [-0.3, -0.25) is 19.2 Å². The summed E-state index contributed by atoms with van der Waals surface area (Å²) in [6.45, 7) is 0.599. The average Bonchev–Trinajstić information content (AvgIpc) is 3.60. The second-order valence-corrected chi connectivity index (χ2v) is 11.2. The van der Waals surface area contributed by atoms with E-state index in [1.165, 1.54) is 15.4 Å². The number of aryl methyl sites for hydroxylation is 1. The number of alkyl halides is 3. The lowest BCUT2D eigenvalue weighted by atomic mass is 9.97. The van der Waals surface area contributed by atoms with E-state index in [-0.39, 0.29) is 58.3 Å². The van der Waals surface area contributed by atoms with Gasteiger partial charge in [-0.15, -0.1) is 0 Å². The lowest BCUT2D eigenvalue weighted by Crippen LogP contribution is -2.51. The summed E-state index contributed by atoms with van der Waals surface area (Å²) < 4.78 is 43.6. The summed E-state index contributed by atoms with van der Waals surface area (Å²) in [5, 5.41) is 17.2. The second-order valence-electron chi connectivity index (χ2n) is 10.1. The second kappa shape index (κ2) is 12.0. The van der Waals surface area contributed by atoms with Crippen molar-refractivity contribution in [2.24, 2.45) is 7.05 Å². The molecule has 0 saturated carbocycles. The number of amides is 2. The number of pyridine rings is 1. The number of hydrogen-bond acceptors (Lipinski definition) is 7. The van der Waals surface area contributed by atoms with Crippen LogP contribution in [-0.2, 0) is 11.8 Å². The SMILES string of the molecule is CNC(=O)CCN1[C@H]2CC[C@@H]1[C@H](Nc1cccc3c(SC(F)(F)F)c(C#CCNC(=O)c4cnn(C)c4)nn13)CC2. The Balaban J connectivity index is 1.37. The maximum absolute atomic E-state index is 13.5. The van der Waals surface area contributed by atoms with Crippen molar-refractivity contribution in [3.8, 4) is 11.8 Å². The summed E-state index contributed by atoms with van der Waals surface area (Å²) in [7, 11) is 3.32. The molecule has 0 radical (unpaired) electrons. The molecule has 2 aliphatic rings. The topological polar surface area (TPSA) is 109 Å². The molecule has 2 amide bonds. The van der Waals surface area contributed by atoms with Gasteiger partial charge in [0.05, 0.1) is 28.7 Å². The summed E-state index contributed by atoms with van der Waals surface area (Å²) in [6.07, 6.45) is 7.33. The normalized spacial score (nSPS) is 20.5. The fraction of sp³-hybridized carbons (Fsp3) is 0.481.